The molecule has 1 unspecified atom stereocenters. The van der Waals surface area contributed by atoms with Crippen molar-refractivity contribution in [3.8, 4) is 11.5 Å². The van der Waals surface area contributed by atoms with Crippen molar-refractivity contribution in [2.45, 2.75) is 55.2 Å². The number of nitrogens with one attached hydrogen (secondary N) is 1. The molecule has 1 aliphatic rings. The highest BCUT2D eigenvalue weighted by atomic mass is 32.2. The van der Waals surface area contributed by atoms with Gasteiger partial charge in [-0.05, 0) is 62.6 Å². The van der Waals surface area contributed by atoms with Crippen LogP contribution in [0.4, 0.5) is 10.6 Å². The summed E-state index contributed by atoms with van der Waals surface area (Å²) in [7, 11) is 3.27. The molecule has 0 bridgehead atoms. The van der Waals surface area contributed by atoms with Gasteiger partial charge in [0, 0.05) is 12.6 Å². The number of hydrogen-bond donors (Lipinski definition) is 2. The number of rotatable bonds is 8. The summed E-state index contributed by atoms with van der Waals surface area (Å²) in [6.45, 7) is 3.57. The Hall–Kier alpha value is -3.21. The lowest BCUT2D eigenvalue weighted by atomic mass is 10.00. The van der Waals surface area contributed by atoms with E-state index in [-0.39, 0.29) is 12.1 Å². The molecule has 1 aromatic carbocycles. The van der Waals surface area contributed by atoms with Crippen LogP contribution >= 0.6 is 11.8 Å². The number of amides is 1. The Bertz CT molecular complexity index is 1150. The van der Waals surface area contributed by atoms with Crippen molar-refractivity contribution in [3.05, 3.63) is 24.5 Å². The van der Waals surface area contributed by atoms with Crippen LogP contribution in [0.3, 0.4) is 0 Å². The Labute approximate surface area is 202 Å². The molecule has 1 saturated heterocycles. The first kappa shape index (κ1) is 23.9. The monoisotopic (exact) mass is 487 g/mol. The van der Waals surface area contributed by atoms with Gasteiger partial charge in [0.05, 0.1) is 32.3 Å². The molecule has 182 valence electrons. The van der Waals surface area contributed by atoms with E-state index in [1.165, 1.54) is 18.1 Å². The predicted molar refractivity (Wildman–Crippen MR) is 128 cm³/mol. The van der Waals surface area contributed by atoms with Crippen molar-refractivity contribution in [1.29, 1.82) is 0 Å². The number of H-pyrrole nitrogens is 1. The van der Waals surface area contributed by atoms with Crippen molar-refractivity contribution in [2.75, 3.05) is 33.1 Å². The Balaban J connectivity index is 1.65. The number of fused-ring (bicyclic) bond motifs is 1. The van der Waals surface area contributed by atoms with Gasteiger partial charge >= 0.3 is 11.7 Å². The lowest BCUT2D eigenvalue weighted by Crippen LogP contribution is -2.47. The van der Waals surface area contributed by atoms with Crippen LogP contribution < -0.4 is 19.8 Å². The highest BCUT2D eigenvalue weighted by Crippen LogP contribution is 2.36. The minimum atomic E-state index is -0.238. The average Bonchev–Trinajstić information content (AvgIpc) is 3.21. The number of imidazole rings is 1. The molecule has 3 heterocycles. The number of nitrogen functional groups attached to an aromatic ring is 1. The number of aromatic nitrogens is 4. The molecule has 1 fully saturated rings. The first-order chi connectivity index (χ1) is 16.5. The van der Waals surface area contributed by atoms with Crippen LogP contribution in [0.15, 0.2) is 34.6 Å². The zero-order valence-corrected chi connectivity index (χ0v) is 20.6. The number of hydrogen-bond acceptors (Lipinski definition) is 8. The van der Waals surface area contributed by atoms with Gasteiger partial charge in [-0.25, -0.2) is 9.36 Å². The summed E-state index contributed by atoms with van der Waals surface area (Å²) >= 11 is 1.51. The van der Waals surface area contributed by atoms with Crippen molar-refractivity contribution < 1.29 is 23.6 Å². The quantitative estimate of drug-likeness (QED) is 0.464. The number of piperidine rings is 1. The van der Waals surface area contributed by atoms with Crippen molar-refractivity contribution in [1.82, 2.24) is 19.9 Å². The van der Waals surface area contributed by atoms with Crippen LogP contribution in [0.2, 0.25) is 0 Å². The molecular formula is C23H31N6O4S+. The number of carbonyl (C=O) groups is 1. The average molecular weight is 488 g/mol. The van der Waals surface area contributed by atoms with Crippen molar-refractivity contribution >= 4 is 34.8 Å². The maximum Gasteiger partial charge on any atom is 0.409 e. The van der Waals surface area contributed by atoms with Gasteiger partial charge in [-0.2, -0.15) is 4.98 Å². The van der Waals surface area contributed by atoms with E-state index < -0.39 is 0 Å². The fourth-order valence-electron chi connectivity index (χ4n) is 4.27. The zero-order chi connectivity index (χ0) is 24.1. The lowest BCUT2D eigenvalue weighted by Gasteiger charge is -2.34. The third-order valence-corrected chi connectivity index (χ3v) is 7.04. The third kappa shape index (κ3) is 4.98. The summed E-state index contributed by atoms with van der Waals surface area (Å²) in [5, 5.41) is 0.840. The van der Waals surface area contributed by atoms with Crippen LogP contribution in [0, 0.1) is 0 Å². The van der Waals surface area contributed by atoms with Crippen molar-refractivity contribution in [2.24, 2.45) is 0 Å². The van der Waals surface area contributed by atoms with Gasteiger partial charge in [0.15, 0.2) is 12.1 Å². The molecule has 3 aromatic rings. The smallest absolute Gasteiger partial charge is 0.409 e. The molecule has 11 heteroatoms. The molecule has 0 radical (unpaired) electrons. The Morgan fingerprint density at radius 2 is 2.15 bits per heavy atom. The molecule has 0 saturated carbocycles. The number of carbonyl (C=O) groups excluding carboxylic acids is 1. The third-order valence-electron chi connectivity index (χ3n) is 5.98. The van der Waals surface area contributed by atoms with Gasteiger partial charge in [-0.15, -0.1) is 0 Å². The molecule has 3 N–H and O–H groups in total. The van der Waals surface area contributed by atoms with E-state index in [1.54, 1.807) is 14.2 Å². The van der Waals surface area contributed by atoms with Crippen LogP contribution in [0.25, 0.3) is 11.2 Å². The Kier molecular flexibility index (Phi) is 7.61. The second-order valence-corrected chi connectivity index (χ2v) is 9.02. The topological polar surface area (TPSA) is 119 Å². The minimum absolute atomic E-state index is 0.105. The molecule has 1 atom stereocenters. The van der Waals surface area contributed by atoms with Crippen LogP contribution in [-0.4, -0.2) is 59.4 Å². The maximum absolute atomic E-state index is 12.5. The van der Waals surface area contributed by atoms with Gasteiger partial charge in [0.1, 0.15) is 11.5 Å². The first-order valence-electron chi connectivity index (χ1n) is 11.4. The van der Waals surface area contributed by atoms with Crippen LogP contribution in [0.5, 0.6) is 11.5 Å². The minimum Gasteiger partial charge on any atom is -0.497 e. The summed E-state index contributed by atoms with van der Waals surface area (Å²) in [5.74, 6) is 1.85. The largest absolute Gasteiger partial charge is 0.497 e. The number of nitrogens with zero attached hydrogens (tertiary/aromatic N) is 4. The van der Waals surface area contributed by atoms with Gasteiger partial charge in [-0.1, -0.05) is 4.98 Å². The number of methoxy groups -OCH3 is 2. The van der Waals surface area contributed by atoms with E-state index in [9.17, 15) is 4.79 Å². The number of benzene rings is 1. The molecule has 1 amide bonds. The molecule has 0 aliphatic carbocycles. The SMILES string of the molecule is CCOC(=O)N1CCCCC1CC[n+]1c(Sc2cc(OC)ccc2OC)[nH]c2c(N)ncnc21. The molecule has 34 heavy (non-hydrogen) atoms. The van der Waals surface area contributed by atoms with E-state index >= 15 is 0 Å². The molecular weight excluding hydrogens is 456 g/mol. The molecule has 1 aliphatic heterocycles. The maximum atomic E-state index is 12.5. The summed E-state index contributed by atoms with van der Waals surface area (Å²) in [6, 6.07) is 5.77. The molecule has 10 nitrogen and oxygen atoms in total. The number of likely N-dealkylation sites (tertiary alicyclic amines) is 1. The Morgan fingerprint density at radius 3 is 2.91 bits per heavy atom. The van der Waals surface area contributed by atoms with Gasteiger partial charge in [0.25, 0.3) is 5.16 Å². The number of aryl methyl sites for hydroxylation is 1. The normalized spacial score (nSPS) is 16.0. The highest BCUT2D eigenvalue weighted by Gasteiger charge is 2.30. The van der Waals surface area contributed by atoms with E-state index in [4.69, 9.17) is 19.9 Å². The summed E-state index contributed by atoms with van der Waals surface area (Å²) in [4.78, 5) is 27.3. The highest BCUT2D eigenvalue weighted by molar-refractivity contribution is 7.99. The van der Waals surface area contributed by atoms with Gasteiger partial charge in [0.2, 0.25) is 5.52 Å². The van der Waals surface area contributed by atoms with Gasteiger partial charge < -0.3 is 24.8 Å². The number of anilines is 1. The standard InChI is InChI=1S/C23H30N6O4S/c1-4-33-23(30)28-11-6-5-7-15(28)10-12-29-21-19(20(24)25-14-26-21)27-22(29)34-18-13-16(31-2)8-9-17(18)32-3/h8-9,13-15H,4-7,10-12H2,1-3H3,(H2,24,25,26)/p+1. The number of ether oxygens (including phenoxy) is 3. The van der Waals surface area contributed by atoms with E-state index in [2.05, 4.69) is 19.5 Å². The van der Waals surface area contributed by atoms with E-state index in [1.807, 2.05) is 30.0 Å². The molecule has 0 spiro atoms. The van der Waals surface area contributed by atoms with Crippen molar-refractivity contribution in [3.63, 3.8) is 0 Å². The van der Waals surface area contributed by atoms with Gasteiger partial charge in [-0.3, -0.25) is 4.98 Å². The fraction of sp³-hybridized carbons (Fsp3) is 0.478. The second kappa shape index (κ2) is 10.8. The van der Waals surface area contributed by atoms with Crippen LogP contribution in [0.1, 0.15) is 32.6 Å². The molecule has 2 aromatic heterocycles. The Morgan fingerprint density at radius 1 is 1.29 bits per heavy atom. The predicted octanol–water partition coefficient (Wildman–Crippen LogP) is 3.40. The van der Waals surface area contributed by atoms with E-state index in [0.29, 0.717) is 24.5 Å². The zero-order valence-electron chi connectivity index (χ0n) is 19.7. The second-order valence-electron chi connectivity index (χ2n) is 7.99. The fourth-order valence-corrected chi connectivity index (χ4v) is 5.34. The first-order valence-corrected chi connectivity index (χ1v) is 12.2. The summed E-state index contributed by atoms with van der Waals surface area (Å²) in [6.07, 6.45) is 5.04. The number of aromatic amines is 1. The lowest BCUT2D eigenvalue weighted by molar-refractivity contribution is -0.711. The summed E-state index contributed by atoms with van der Waals surface area (Å²) < 4.78 is 18.4. The number of nitrogens with two attached hydrogens (primary N) is 1. The van der Waals surface area contributed by atoms with Crippen LogP contribution in [-0.2, 0) is 11.3 Å². The summed E-state index contributed by atoms with van der Waals surface area (Å²) in [5.41, 5.74) is 7.54. The molecule has 4 rings (SSSR count). The van der Waals surface area contributed by atoms with E-state index in [0.717, 1.165) is 59.4 Å².